The third kappa shape index (κ3) is 15.1. The number of nitrogen functional groups attached to an aromatic ring is 1. The molecule has 0 aliphatic carbocycles. The molecule has 0 aliphatic heterocycles. The molecule has 0 spiro atoms. The summed E-state index contributed by atoms with van der Waals surface area (Å²) in [7, 11) is 3.01. The SMILES string of the molecule is C.COc1ccc(C(=O)Cc2ccc3nc(-c4cnccn4)nc(Nc4cccc(OC(F)F)c4)c3c2)cn1.COc1ccc(C(=O)Cl)cn1.Nc1ccc2nc(-c3cnccn3)nc(Nc3cccc(OC(F)F)c3)c2c1. The Hall–Kier alpha value is -10.0. The van der Waals surface area contributed by atoms with Gasteiger partial charge in [0.1, 0.15) is 34.5 Å². The van der Waals surface area contributed by atoms with Crippen LogP contribution in [0.5, 0.6) is 23.3 Å². The summed E-state index contributed by atoms with van der Waals surface area (Å²) < 4.78 is 69.2. The highest BCUT2D eigenvalue weighted by Crippen LogP contribution is 2.32. The molecule has 0 bridgehead atoms. The van der Waals surface area contributed by atoms with E-state index in [9.17, 15) is 27.2 Å². The van der Waals surface area contributed by atoms with Gasteiger partial charge in [0.15, 0.2) is 17.4 Å². The Morgan fingerprint density at radius 1 is 0.577 bits per heavy atom. The van der Waals surface area contributed by atoms with E-state index in [-0.39, 0.29) is 31.1 Å². The van der Waals surface area contributed by atoms with Gasteiger partial charge in [0.05, 0.1) is 43.2 Å². The number of alkyl halides is 4. The monoisotopic (exact) mass is 1080 g/mol. The Morgan fingerprint density at radius 2 is 1.08 bits per heavy atom. The molecule has 19 nitrogen and oxygen atoms in total. The molecular formula is C54H44ClF4N13O6. The van der Waals surface area contributed by atoms with E-state index in [0.29, 0.717) is 96.4 Å². The van der Waals surface area contributed by atoms with Crippen molar-refractivity contribution in [2.45, 2.75) is 27.1 Å². The van der Waals surface area contributed by atoms with Crippen LogP contribution in [0.1, 0.15) is 33.7 Å². The van der Waals surface area contributed by atoms with Crippen LogP contribution in [0.2, 0.25) is 0 Å². The smallest absolute Gasteiger partial charge is 0.387 e. The van der Waals surface area contributed by atoms with Crippen molar-refractivity contribution in [1.29, 1.82) is 0 Å². The number of methoxy groups -OCH3 is 2. The van der Waals surface area contributed by atoms with Gasteiger partial charge in [-0.05, 0) is 83.9 Å². The Morgan fingerprint density at radius 3 is 1.53 bits per heavy atom. The first-order chi connectivity index (χ1) is 37.3. The van der Waals surface area contributed by atoms with Gasteiger partial charge in [0.25, 0.3) is 5.24 Å². The molecule has 0 aliphatic rings. The Kier molecular flexibility index (Phi) is 18.9. The topological polar surface area (TPSA) is 250 Å². The lowest BCUT2D eigenvalue weighted by molar-refractivity contribution is -0.0504. The van der Waals surface area contributed by atoms with Crippen molar-refractivity contribution in [1.82, 2.24) is 49.8 Å². The molecule has 6 aromatic heterocycles. The summed E-state index contributed by atoms with van der Waals surface area (Å²) in [4.78, 5) is 66.2. The molecular weight excluding hydrogens is 1040 g/mol. The number of Topliss-reactive ketones (excluding diaryl/α,β-unsaturated/α-hetero) is 1. The minimum Gasteiger partial charge on any atom is -0.481 e. The van der Waals surface area contributed by atoms with Gasteiger partial charge in [-0.15, -0.1) is 0 Å². The number of fused-ring (bicyclic) bond motifs is 2. The number of nitrogens with zero attached hydrogens (tertiary/aromatic N) is 10. The first kappa shape index (κ1) is 55.7. The molecule has 0 atom stereocenters. The van der Waals surface area contributed by atoms with Crippen molar-refractivity contribution in [2.75, 3.05) is 30.6 Å². The number of carbonyl (C=O) groups excluding carboxylic acids is 2. The Labute approximate surface area is 447 Å². The van der Waals surface area contributed by atoms with Gasteiger partial charge in [-0.1, -0.05) is 25.6 Å². The minimum absolute atomic E-state index is 0. The predicted molar refractivity (Wildman–Crippen MR) is 285 cm³/mol. The lowest BCUT2D eigenvalue weighted by Crippen LogP contribution is -2.05. The van der Waals surface area contributed by atoms with E-state index in [1.165, 1.54) is 63.3 Å². The summed E-state index contributed by atoms with van der Waals surface area (Å²) in [6, 6.07) is 29.4. The number of nitrogens with one attached hydrogen (secondary N) is 2. The Bertz CT molecular complexity index is 3640. The number of benzene rings is 4. The molecule has 0 saturated carbocycles. The molecule has 0 amide bonds. The highest BCUT2D eigenvalue weighted by Gasteiger charge is 2.17. The number of ketones is 1. The first-order valence-electron chi connectivity index (χ1n) is 22.6. The number of anilines is 5. The van der Waals surface area contributed by atoms with Crippen LogP contribution in [0.25, 0.3) is 44.8 Å². The molecule has 396 valence electrons. The molecule has 0 radical (unpaired) electrons. The van der Waals surface area contributed by atoms with Crippen LogP contribution in [0, 0.1) is 0 Å². The zero-order valence-electron chi connectivity index (χ0n) is 40.3. The Balaban J connectivity index is 0.000000193. The lowest BCUT2D eigenvalue weighted by atomic mass is 10.0. The maximum atomic E-state index is 12.9. The fraction of sp³-hybridized carbons (Fsp3) is 0.111. The molecule has 78 heavy (non-hydrogen) atoms. The number of aromatic nitrogens is 10. The fourth-order valence-corrected chi connectivity index (χ4v) is 7.14. The molecule has 0 saturated heterocycles. The normalized spacial score (nSPS) is 10.6. The zero-order chi connectivity index (χ0) is 54.3. The number of halogens is 5. The molecule has 10 rings (SSSR count). The van der Waals surface area contributed by atoms with Gasteiger partial charge < -0.3 is 35.3 Å². The second kappa shape index (κ2) is 26.5. The van der Waals surface area contributed by atoms with E-state index >= 15 is 0 Å². The van der Waals surface area contributed by atoms with Gasteiger partial charge in [-0.25, -0.2) is 39.9 Å². The summed E-state index contributed by atoms with van der Waals surface area (Å²) in [5.74, 6) is 2.33. The van der Waals surface area contributed by atoms with Gasteiger partial charge in [-0.3, -0.25) is 19.6 Å². The van der Waals surface area contributed by atoms with Crippen LogP contribution < -0.4 is 35.3 Å². The highest BCUT2D eigenvalue weighted by molar-refractivity contribution is 6.67. The molecule has 24 heteroatoms. The van der Waals surface area contributed by atoms with Crippen LogP contribution in [0.15, 0.2) is 159 Å². The highest BCUT2D eigenvalue weighted by atomic mass is 35.5. The number of nitrogens with two attached hydrogens (primary N) is 1. The number of carbonyl (C=O) groups is 2. The number of ether oxygens (including phenoxy) is 4. The first-order valence-corrected chi connectivity index (χ1v) is 23.0. The van der Waals surface area contributed by atoms with Crippen molar-refractivity contribution in [3.8, 4) is 46.3 Å². The van der Waals surface area contributed by atoms with Crippen molar-refractivity contribution in [3.05, 3.63) is 175 Å². The standard InChI is InChI=1S/C27H20F2N6O3.C19H14F2N6O.C7H6ClNO2.CH4/c1-37-24-8-6-17(14-32-24)23(36)12-16-5-7-21-20(11-16)25(35-26(34-21)22-15-30-9-10-31-22)33-18-3-2-4-19(13-18)38-27(28)29;20-19(21)28-13-3-1-2-12(9-13)25-17-14-8-11(22)4-5-15(14)26-18(27-17)16-10-23-6-7-24-16;1-11-6-3-2-5(4-9-6)7(8)10;/h2-11,13-15,27H,12H2,1H3,(H,33,34,35);1-10,19H,22H2,(H,25,26,27);2-4H,1H3;1H4. The van der Waals surface area contributed by atoms with E-state index in [1.807, 2.05) is 12.1 Å². The van der Waals surface area contributed by atoms with Crippen LogP contribution in [0.4, 0.5) is 46.3 Å². The largest absolute Gasteiger partial charge is 0.481 e. The number of rotatable bonds is 16. The van der Waals surface area contributed by atoms with Crippen molar-refractivity contribution < 1.29 is 46.1 Å². The van der Waals surface area contributed by atoms with Crippen molar-refractivity contribution in [3.63, 3.8) is 0 Å². The van der Waals surface area contributed by atoms with E-state index in [2.05, 4.69) is 69.9 Å². The van der Waals surface area contributed by atoms with Gasteiger partial charge in [-0.2, -0.15) is 17.6 Å². The molecule has 0 fully saturated rings. The summed E-state index contributed by atoms with van der Waals surface area (Å²) in [6.07, 6.45) is 12.2. The lowest BCUT2D eigenvalue weighted by Gasteiger charge is -2.13. The summed E-state index contributed by atoms with van der Waals surface area (Å²) in [5, 5.41) is 7.06. The van der Waals surface area contributed by atoms with Crippen molar-refractivity contribution >= 4 is 73.1 Å². The van der Waals surface area contributed by atoms with Crippen LogP contribution in [0.3, 0.4) is 0 Å². The van der Waals surface area contributed by atoms with E-state index in [1.54, 1.807) is 97.6 Å². The van der Waals surface area contributed by atoms with Crippen LogP contribution >= 0.6 is 11.6 Å². The van der Waals surface area contributed by atoms with Crippen LogP contribution in [-0.4, -0.2) is 88.3 Å². The number of hydrogen-bond acceptors (Lipinski definition) is 19. The minimum atomic E-state index is -2.95. The fourth-order valence-electron chi connectivity index (χ4n) is 7.02. The average molecular weight is 1080 g/mol. The maximum absolute atomic E-state index is 12.9. The number of hydrogen-bond donors (Lipinski definition) is 3. The third-order valence-corrected chi connectivity index (χ3v) is 10.7. The molecule has 4 N–H and O–H groups in total. The van der Waals surface area contributed by atoms with Crippen molar-refractivity contribution in [2.24, 2.45) is 0 Å². The van der Waals surface area contributed by atoms with Gasteiger partial charge in [0.2, 0.25) is 11.8 Å². The molecule has 10 aromatic rings. The molecule has 6 heterocycles. The second-order valence-electron chi connectivity index (χ2n) is 15.7. The molecule has 4 aromatic carbocycles. The van der Waals surface area contributed by atoms with Crippen LogP contribution in [-0.2, 0) is 6.42 Å². The summed E-state index contributed by atoms with van der Waals surface area (Å²) in [6.45, 7) is -5.85. The predicted octanol–water partition coefficient (Wildman–Crippen LogP) is 11.4. The molecule has 0 unspecified atom stereocenters. The van der Waals surface area contributed by atoms with Gasteiger partial charge in [0, 0.05) is 101 Å². The summed E-state index contributed by atoms with van der Waals surface area (Å²) in [5.41, 5.74) is 11.2. The average Bonchev–Trinajstić information content (AvgIpc) is 3.46. The zero-order valence-corrected chi connectivity index (χ0v) is 41.0. The second-order valence-corrected chi connectivity index (χ2v) is 16.1. The quantitative estimate of drug-likeness (QED) is 0.0352. The number of pyridine rings is 2. The summed E-state index contributed by atoms with van der Waals surface area (Å²) >= 11 is 5.18. The maximum Gasteiger partial charge on any atom is 0.387 e. The van der Waals surface area contributed by atoms with E-state index < -0.39 is 18.5 Å². The van der Waals surface area contributed by atoms with Gasteiger partial charge >= 0.3 is 13.2 Å². The third-order valence-electron chi connectivity index (χ3n) is 10.5. The van der Waals surface area contributed by atoms with E-state index in [4.69, 9.17) is 26.8 Å². The van der Waals surface area contributed by atoms with E-state index in [0.717, 1.165) is 5.56 Å².